The van der Waals surface area contributed by atoms with Crippen LogP contribution in [0, 0.1) is 5.41 Å². The van der Waals surface area contributed by atoms with Gasteiger partial charge in [0.05, 0.1) is 5.52 Å². The topological polar surface area (TPSA) is 108 Å². The molecule has 0 saturated heterocycles. The Kier molecular flexibility index (Phi) is 4.65. The SMILES string of the molecule is CC(=O)c1nn(CC(C)(C)C)c2ccc(-c3cncc(S(N)(=O)=O)c3)cc12. The summed E-state index contributed by atoms with van der Waals surface area (Å²) >= 11 is 0. The highest BCUT2D eigenvalue weighted by atomic mass is 32.2. The third-order valence-electron chi connectivity index (χ3n) is 4.08. The Labute approximate surface area is 158 Å². The first-order valence-electron chi connectivity index (χ1n) is 8.45. The van der Waals surface area contributed by atoms with Crippen LogP contribution in [0.2, 0.25) is 0 Å². The zero-order chi connectivity index (χ0) is 20.0. The molecule has 0 atom stereocenters. The van der Waals surface area contributed by atoms with Crippen LogP contribution in [0.3, 0.4) is 0 Å². The molecule has 0 aliphatic heterocycles. The Balaban J connectivity index is 2.18. The summed E-state index contributed by atoms with van der Waals surface area (Å²) in [5.74, 6) is -0.124. The van der Waals surface area contributed by atoms with E-state index in [-0.39, 0.29) is 16.1 Å². The van der Waals surface area contributed by atoms with E-state index < -0.39 is 10.0 Å². The van der Waals surface area contributed by atoms with E-state index in [1.165, 1.54) is 19.2 Å². The molecular formula is C19H22N4O3S. The third-order valence-corrected chi connectivity index (χ3v) is 4.96. The molecule has 3 aromatic rings. The van der Waals surface area contributed by atoms with Crippen LogP contribution in [0.15, 0.2) is 41.6 Å². The molecule has 0 bridgehead atoms. The predicted molar refractivity (Wildman–Crippen MR) is 104 cm³/mol. The van der Waals surface area contributed by atoms with Crippen molar-refractivity contribution in [3.8, 4) is 11.1 Å². The van der Waals surface area contributed by atoms with Gasteiger partial charge in [0.1, 0.15) is 10.6 Å². The highest BCUT2D eigenvalue weighted by molar-refractivity contribution is 7.89. The molecule has 8 heteroatoms. The van der Waals surface area contributed by atoms with Gasteiger partial charge >= 0.3 is 0 Å². The van der Waals surface area contributed by atoms with E-state index in [1.54, 1.807) is 6.20 Å². The average molecular weight is 386 g/mol. The van der Waals surface area contributed by atoms with Crippen LogP contribution >= 0.6 is 0 Å². The summed E-state index contributed by atoms with van der Waals surface area (Å²) in [5.41, 5.74) is 2.58. The lowest BCUT2D eigenvalue weighted by molar-refractivity contribution is 0.101. The second kappa shape index (κ2) is 6.54. The summed E-state index contributed by atoms with van der Waals surface area (Å²) in [6.07, 6.45) is 2.77. The summed E-state index contributed by atoms with van der Waals surface area (Å²) in [7, 11) is -3.85. The largest absolute Gasteiger partial charge is 0.293 e. The van der Waals surface area contributed by atoms with E-state index in [1.807, 2.05) is 22.9 Å². The molecular weight excluding hydrogens is 364 g/mol. The second-order valence-corrected chi connectivity index (χ2v) is 9.37. The van der Waals surface area contributed by atoms with Crippen LogP contribution in [0.4, 0.5) is 0 Å². The molecule has 2 heterocycles. The summed E-state index contributed by atoms with van der Waals surface area (Å²) in [6, 6.07) is 7.05. The van der Waals surface area contributed by atoms with Crippen molar-refractivity contribution in [2.45, 2.75) is 39.1 Å². The number of benzene rings is 1. The van der Waals surface area contributed by atoms with Crippen molar-refractivity contribution in [3.05, 3.63) is 42.4 Å². The predicted octanol–water partition coefficient (Wildman–Crippen LogP) is 2.99. The van der Waals surface area contributed by atoms with Crippen molar-refractivity contribution < 1.29 is 13.2 Å². The van der Waals surface area contributed by atoms with Crippen LogP contribution in [0.1, 0.15) is 38.2 Å². The summed E-state index contributed by atoms with van der Waals surface area (Å²) in [4.78, 5) is 16.0. The third kappa shape index (κ3) is 4.06. The molecule has 0 spiro atoms. The first-order chi connectivity index (χ1) is 12.5. The van der Waals surface area contributed by atoms with Crippen LogP contribution in [-0.4, -0.2) is 29.0 Å². The highest BCUT2D eigenvalue weighted by Gasteiger charge is 2.19. The maximum absolute atomic E-state index is 12.1. The molecule has 0 aliphatic rings. The Bertz CT molecular complexity index is 1140. The Morgan fingerprint density at radius 2 is 1.85 bits per heavy atom. The van der Waals surface area contributed by atoms with E-state index >= 15 is 0 Å². The number of fused-ring (bicyclic) bond motifs is 1. The number of rotatable bonds is 4. The molecule has 7 nitrogen and oxygen atoms in total. The normalized spacial score (nSPS) is 12.5. The fourth-order valence-corrected chi connectivity index (χ4v) is 3.42. The molecule has 0 saturated carbocycles. The summed E-state index contributed by atoms with van der Waals surface area (Å²) in [6.45, 7) is 8.46. The number of nitrogens with two attached hydrogens (primary N) is 1. The number of hydrogen-bond acceptors (Lipinski definition) is 5. The van der Waals surface area contributed by atoms with Crippen LogP contribution in [0.5, 0.6) is 0 Å². The van der Waals surface area contributed by atoms with Crippen LogP contribution in [-0.2, 0) is 16.6 Å². The van der Waals surface area contributed by atoms with Gasteiger partial charge in [-0.3, -0.25) is 14.5 Å². The van der Waals surface area contributed by atoms with E-state index in [2.05, 4.69) is 30.9 Å². The molecule has 2 aromatic heterocycles. The number of primary sulfonamides is 1. The average Bonchev–Trinajstić information content (AvgIpc) is 2.90. The number of pyridine rings is 1. The van der Waals surface area contributed by atoms with Gasteiger partial charge in [-0.1, -0.05) is 26.8 Å². The maximum atomic E-state index is 12.1. The first-order valence-corrected chi connectivity index (χ1v) is 10.00. The number of sulfonamides is 1. The van der Waals surface area contributed by atoms with Gasteiger partial charge in [0.25, 0.3) is 0 Å². The standard InChI is InChI=1S/C19H22N4O3S/c1-12(24)18-16-8-13(14-7-15(10-21-9-14)27(20,25)26)5-6-17(16)23(22-18)11-19(2,3)4/h5-10H,11H2,1-4H3,(H2,20,25,26). The minimum atomic E-state index is -3.85. The lowest BCUT2D eigenvalue weighted by Gasteiger charge is -2.18. The quantitative estimate of drug-likeness (QED) is 0.694. The first kappa shape index (κ1) is 19.2. The Morgan fingerprint density at radius 1 is 1.15 bits per heavy atom. The van der Waals surface area contributed by atoms with E-state index in [0.29, 0.717) is 17.8 Å². The monoisotopic (exact) mass is 386 g/mol. The minimum Gasteiger partial charge on any atom is -0.293 e. The van der Waals surface area contributed by atoms with Gasteiger partial charge < -0.3 is 0 Å². The van der Waals surface area contributed by atoms with Gasteiger partial charge in [-0.25, -0.2) is 13.6 Å². The van der Waals surface area contributed by atoms with Crippen molar-refractivity contribution in [2.24, 2.45) is 10.6 Å². The van der Waals surface area contributed by atoms with Gasteiger partial charge in [0, 0.05) is 36.8 Å². The Morgan fingerprint density at radius 3 is 2.44 bits per heavy atom. The fourth-order valence-electron chi connectivity index (χ4n) is 2.92. The van der Waals surface area contributed by atoms with Gasteiger partial charge in [-0.2, -0.15) is 5.10 Å². The molecule has 2 N–H and O–H groups in total. The summed E-state index contributed by atoms with van der Waals surface area (Å²) in [5, 5.41) is 10.4. The smallest absolute Gasteiger partial charge is 0.239 e. The van der Waals surface area contributed by atoms with E-state index in [9.17, 15) is 13.2 Å². The van der Waals surface area contributed by atoms with Crippen molar-refractivity contribution in [2.75, 3.05) is 0 Å². The van der Waals surface area contributed by atoms with Crippen molar-refractivity contribution in [3.63, 3.8) is 0 Å². The number of ketones is 1. The molecule has 27 heavy (non-hydrogen) atoms. The van der Waals surface area contributed by atoms with Crippen molar-refractivity contribution >= 4 is 26.7 Å². The van der Waals surface area contributed by atoms with Gasteiger partial charge in [-0.15, -0.1) is 0 Å². The highest BCUT2D eigenvalue weighted by Crippen LogP contribution is 2.29. The second-order valence-electron chi connectivity index (χ2n) is 7.81. The van der Waals surface area contributed by atoms with Crippen molar-refractivity contribution in [1.29, 1.82) is 0 Å². The number of Topliss-reactive ketones (excluding diaryl/α,β-unsaturated/α-hetero) is 1. The minimum absolute atomic E-state index is 0.000578. The molecule has 0 aliphatic carbocycles. The summed E-state index contributed by atoms with van der Waals surface area (Å²) < 4.78 is 25.0. The molecule has 1 aromatic carbocycles. The number of hydrogen-bond donors (Lipinski definition) is 1. The van der Waals surface area contributed by atoms with Crippen LogP contribution in [0.25, 0.3) is 22.0 Å². The number of nitrogens with zero attached hydrogens (tertiary/aromatic N) is 3. The molecule has 142 valence electrons. The van der Waals surface area contributed by atoms with Gasteiger partial charge in [0.2, 0.25) is 10.0 Å². The molecule has 0 unspecified atom stereocenters. The van der Waals surface area contributed by atoms with Gasteiger partial charge in [0.15, 0.2) is 5.78 Å². The number of aromatic nitrogens is 3. The lowest BCUT2D eigenvalue weighted by Crippen LogP contribution is -2.16. The molecule has 0 amide bonds. The molecule has 3 rings (SSSR count). The Hall–Kier alpha value is -2.58. The maximum Gasteiger partial charge on any atom is 0.239 e. The molecule has 0 radical (unpaired) electrons. The van der Waals surface area contributed by atoms with E-state index in [4.69, 9.17) is 5.14 Å². The lowest BCUT2D eigenvalue weighted by atomic mass is 9.97. The fraction of sp³-hybridized carbons (Fsp3) is 0.316. The van der Waals surface area contributed by atoms with Crippen LogP contribution < -0.4 is 5.14 Å². The number of carbonyl (C=O) groups excluding carboxylic acids is 1. The zero-order valence-corrected chi connectivity index (χ0v) is 16.5. The van der Waals surface area contributed by atoms with E-state index in [0.717, 1.165) is 16.5 Å². The van der Waals surface area contributed by atoms with Crippen molar-refractivity contribution in [1.82, 2.24) is 14.8 Å². The molecule has 0 fully saturated rings. The number of carbonyl (C=O) groups is 1. The van der Waals surface area contributed by atoms with Gasteiger partial charge in [-0.05, 0) is 29.2 Å². The zero-order valence-electron chi connectivity index (χ0n) is 15.7.